The van der Waals surface area contributed by atoms with Gasteiger partial charge in [-0.25, -0.2) is 0 Å². The second-order valence-corrected chi connectivity index (χ2v) is 5.75. The van der Waals surface area contributed by atoms with Crippen LogP contribution in [-0.2, 0) is 11.3 Å². The summed E-state index contributed by atoms with van der Waals surface area (Å²) in [6.07, 6.45) is 0. The van der Waals surface area contributed by atoms with Gasteiger partial charge in [-0.1, -0.05) is 6.07 Å². The quantitative estimate of drug-likeness (QED) is 0.630. The highest BCUT2D eigenvalue weighted by atomic mass is 19.1. The molecule has 0 unspecified atom stereocenters. The maximum absolute atomic E-state index is 13.7. The first-order valence-corrected chi connectivity index (χ1v) is 6.67. The minimum atomic E-state index is -0.851. The van der Waals surface area contributed by atoms with Crippen molar-refractivity contribution in [3.8, 4) is 0 Å². The first-order chi connectivity index (χ1) is 9.73. The minimum Gasteiger partial charge on any atom is -0.343 e. The maximum Gasteiger partial charge on any atom is 0.304 e. The largest absolute Gasteiger partial charge is 0.343 e. The zero-order chi connectivity index (χ0) is 15.8. The molecule has 1 aliphatic rings. The molecule has 114 valence electrons. The van der Waals surface area contributed by atoms with Crippen molar-refractivity contribution in [3.63, 3.8) is 0 Å². The van der Waals surface area contributed by atoms with Crippen molar-refractivity contribution in [2.75, 3.05) is 20.1 Å². The third-order valence-electron chi connectivity index (χ3n) is 3.95. The second-order valence-electron chi connectivity index (χ2n) is 5.75. The summed E-state index contributed by atoms with van der Waals surface area (Å²) >= 11 is 0. The molecule has 21 heavy (non-hydrogen) atoms. The smallest absolute Gasteiger partial charge is 0.304 e. The molecule has 1 fully saturated rings. The van der Waals surface area contributed by atoms with Crippen LogP contribution in [0.15, 0.2) is 18.2 Å². The van der Waals surface area contributed by atoms with E-state index in [0.29, 0.717) is 25.2 Å². The first kappa shape index (κ1) is 15.4. The lowest BCUT2D eigenvalue weighted by molar-refractivity contribution is -0.387. The minimum absolute atomic E-state index is 0.0103. The zero-order valence-corrected chi connectivity index (χ0v) is 12.3. The Morgan fingerprint density at radius 2 is 2.05 bits per heavy atom. The van der Waals surface area contributed by atoms with Crippen LogP contribution < -0.4 is 0 Å². The molecule has 1 aromatic rings. The van der Waals surface area contributed by atoms with E-state index in [0.717, 1.165) is 12.1 Å². The molecule has 0 aromatic heterocycles. The fraction of sp³-hybridized carbons (Fsp3) is 0.500. The molecule has 2 rings (SSSR count). The van der Waals surface area contributed by atoms with Crippen molar-refractivity contribution < 1.29 is 14.1 Å². The van der Waals surface area contributed by atoms with Crippen LogP contribution in [0.2, 0.25) is 0 Å². The topological polar surface area (TPSA) is 66.7 Å². The zero-order valence-electron chi connectivity index (χ0n) is 12.3. The number of amides is 1. The summed E-state index contributed by atoms with van der Waals surface area (Å²) in [5.74, 6) is -0.841. The molecular weight excluding hydrogens is 277 g/mol. The molecule has 0 bridgehead atoms. The molecule has 0 N–H and O–H groups in total. The summed E-state index contributed by atoms with van der Waals surface area (Å²) in [5.41, 5.74) is -0.596. The summed E-state index contributed by atoms with van der Waals surface area (Å²) in [4.78, 5) is 25.7. The van der Waals surface area contributed by atoms with Crippen LogP contribution in [0.5, 0.6) is 0 Å². The highest BCUT2D eigenvalue weighted by Crippen LogP contribution is 2.25. The molecule has 0 radical (unpaired) electrons. The summed E-state index contributed by atoms with van der Waals surface area (Å²) in [5, 5.41) is 10.6. The Balaban J connectivity index is 2.20. The van der Waals surface area contributed by atoms with E-state index < -0.39 is 22.0 Å². The number of nitro benzene ring substituents is 1. The molecule has 1 amide bonds. The lowest BCUT2D eigenvalue weighted by Crippen LogP contribution is -2.61. The van der Waals surface area contributed by atoms with Gasteiger partial charge in [-0.15, -0.1) is 0 Å². The molecule has 1 aliphatic heterocycles. The van der Waals surface area contributed by atoms with Gasteiger partial charge in [0.15, 0.2) is 0 Å². The standard InChI is InChI=1S/C14H18FN3O3/c1-14(2)13(19)16(3)6-7-17(14)9-10-4-5-12(18(20)21)11(15)8-10/h4-5,8H,6-7,9H2,1-3H3. The van der Waals surface area contributed by atoms with E-state index in [2.05, 4.69) is 0 Å². The monoisotopic (exact) mass is 295 g/mol. The number of nitrogens with zero attached hydrogens (tertiary/aromatic N) is 3. The number of hydrogen-bond donors (Lipinski definition) is 0. The highest BCUT2D eigenvalue weighted by Gasteiger charge is 2.40. The number of likely N-dealkylation sites (N-methyl/N-ethyl adjacent to an activating group) is 1. The van der Waals surface area contributed by atoms with E-state index in [-0.39, 0.29) is 5.91 Å². The fourth-order valence-electron chi connectivity index (χ4n) is 2.55. The normalized spacial score (nSPS) is 18.9. The fourth-order valence-corrected chi connectivity index (χ4v) is 2.55. The van der Waals surface area contributed by atoms with Crippen molar-refractivity contribution in [2.45, 2.75) is 25.9 Å². The lowest BCUT2D eigenvalue weighted by atomic mass is 9.97. The van der Waals surface area contributed by atoms with Crippen LogP contribution in [0.4, 0.5) is 10.1 Å². The Labute approximate surface area is 122 Å². The van der Waals surface area contributed by atoms with Gasteiger partial charge in [-0.05, 0) is 25.5 Å². The van der Waals surface area contributed by atoms with Gasteiger partial charge in [0.25, 0.3) is 0 Å². The van der Waals surface area contributed by atoms with Gasteiger partial charge in [-0.2, -0.15) is 4.39 Å². The third-order valence-corrected chi connectivity index (χ3v) is 3.95. The highest BCUT2D eigenvalue weighted by molar-refractivity contribution is 5.86. The van der Waals surface area contributed by atoms with Crippen LogP contribution in [-0.4, -0.2) is 46.3 Å². The van der Waals surface area contributed by atoms with Gasteiger partial charge < -0.3 is 4.90 Å². The van der Waals surface area contributed by atoms with Gasteiger partial charge in [0.1, 0.15) is 0 Å². The maximum atomic E-state index is 13.7. The molecular formula is C14H18FN3O3. The lowest BCUT2D eigenvalue weighted by Gasteiger charge is -2.44. The summed E-state index contributed by atoms with van der Waals surface area (Å²) in [6, 6.07) is 3.85. The number of nitro groups is 1. The van der Waals surface area contributed by atoms with Gasteiger partial charge >= 0.3 is 5.69 Å². The van der Waals surface area contributed by atoms with Crippen LogP contribution in [0.3, 0.4) is 0 Å². The van der Waals surface area contributed by atoms with Crippen LogP contribution >= 0.6 is 0 Å². The second kappa shape index (κ2) is 5.40. The van der Waals surface area contributed by atoms with Gasteiger partial charge in [0, 0.05) is 32.7 Å². The molecule has 7 heteroatoms. The molecule has 0 saturated carbocycles. The van der Waals surface area contributed by atoms with E-state index in [1.807, 2.05) is 18.7 Å². The molecule has 6 nitrogen and oxygen atoms in total. The predicted molar refractivity (Wildman–Crippen MR) is 75.2 cm³/mol. The summed E-state index contributed by atoms with van der Waals surface area (Å²) in [6.45, 7) is 5.31. The Bertz CT molecular complexity index is 589. The van der Waals surface area contributed by atoms with Crippen molar-refractivity contribution in [2.24, 2.45) is 0 Å². The van der Waals surface area contributed by atoms with E-state index in [1.54, 1.807) is 11.9 Å². The molecule has 1 aromatic carbocycles. The number of benzene rings is 1. The van der Waals surface area contributed by atoms with Crippen molar-refractivity contribution in [1.29, 1.82) is 0 Å². The number of halogens is 1. The molecule has 1 heterocycles. The van der Waals surface area contributed by atoms with Crippen molar-refractivity contribution in [3.05, 3.63) is 39.7 Å². The van der Waals surface area contributed by atoms with E-state index >= 15 is 0 Å². The Hall–Kier alpha value is -2.02. The van der Waals surface area contributed by atoms with Crippen molar-refractivity contribution in [1.82, 2.24) is 9.80 Å². The average molecular weight is 295 g/mol. The summed E-state index contributed by atoms with van der Waals surface area (Å²) < 4.78 is 13.7. The van der Waals surface area contributed by atoms with Gasteiger partial charge in [0.2, 0.25) is 11.7 Å². The van der Waals surface area contributed by atoms with Crippen LogP contribution in [0.1, 0.15) is 19.4 Å². The van der Waals surface area contributed by atoms with Gasteiger partial charge in [-0.3, -0.25) is 19.8 Å². The van der Waals surface area contributed by atoms with Gasteiger partial charge in [0.05, 0.1) is 10.5 Å². The van der Waals surface area contributed by atoms with Crippen LogP contribution in [0.25, 0.3) is 0 Å². The summed E-state index contributed by atoms with van der Waals surface area (Å²) in [7, 11) is 1.76. The number of carbonyl (C=O) groups is 1. The first-order valence-electron chi connectivity index (χ1n) is 6.67. The number of rotatable bonds is 3. The third kappa shape index (κ3) is 2.87. The predicted octanol–water partition coefficient (Wildman–Crippen LogP) is 1.79. The number of carbonyl (C=O) groups excluding carboxylic acids is 1. The van der Waals surface area contributed by atoms with E-state index in [4.69, 9.17) is 0 Å². The van der Waals surface area contributed by atoms with Crippen molar-refractivity contribution >= 4 is 11.6 Å². The molecule has 0 spiro atoms. The Kier molecular flexibility index (Phi) is 3.95. The molecule has 0 atom stereocenters. The van der Waals surface area contributed by atoms with E-state index in [1.165, 1.54) is 6.07 Å². The number of hydrogen-bond acceptors (Lipinski definition) is 4. The molecule has 0 aliphatic carbocycles. The van der Waals surface area contributed by atoms with E-state index in [9.17, 15) is 19.3 Å². The van der Waals surface area contributed by atoms with Crippen LogP contribution in [0, 0.1) is 15.9 Å². The number of piperazine rings is 1. The Morgan fingerprint density at radius 3 is 2.62 bits per heavy atom. The average Bonchev–Trinajstić information content (AvgIpc) is 2.40. The Morgan fingerprint density at radius 1 is 1.38 bits per heavy atom. The molecule has 1 saturated heterocycles. The SMILES string of the molecule is CN1CCN(Cc2ccc([N+](=O)[O-])c(F)c2)C(C)(C)C1=O.